The number of aromatic nitrogens is 3. The maximum absolute atomic E-state index is 12.4. The minimum absolute atomic E-state index is 0.231. The third kappa shape index (κ3) is 2.06. The van der Waals surface area contributed by atoms with Crippen LogP contribution in [0.3, 0.4) is 0 Å². The molecular formula is C14H14N4O2S. The van der Waals surface area contributed by atoms with Crippen molar-refractivity contribution in [2.45, 2.75) is 6.92 Å². The van der Waals surface area contributed by atoms with E-state index in [2.05, 4.69) is 10.5 Å². The number of aryl methyl sites for hydroxylation is 2. The van der Waals surface area contributed by atoms with Crippen molar-refractivity contribution in [3.8, 4) is 0 Å². The van der Waals surface area contributed by atoms with Crippen molar-refractivity contribution in [1.82, 2.24) is 14.3 Å². The predicted molar refractivity (Wildman–Crippen MR) is 83.5 cm³/mol. The maximum Gasteiger partial charge on any atom is 0.269 e. The summed E-state index contributed by atoms with van der Waals surface area (Å²) in [6, 6.07) is 7.76. The lowest BCUT2D eigenvalue weighted by Gasteiger charge is -2.07. The molecular weight excluding hydrogens is 288 g/mol. The quantitative estimate of drug-likeness (QED) is 0.737. The van der Waals surface area contributed by atoms with Gasteiger partial charge in [-0.1, -0.05) is 23.4 Å². The first-order chi connectivity index (χ1) is 10.0. The Balaban J connectivity index is 2.24. The third-order valence-corrected chi connectivity index (χ3v) is 4.02. The average molecular weight is 302 g/mol. The molecule has 0 aliphatic heterocycles. The van der Waals surface area contributed by atoms with E-state index in [1.54, 1.807) is 18.7 Å². The van der Waals surface area contributed by atoms with Crippen molar-refractivity contribution in [2.24, 2.45) is 14.1 Å². The molecule has 0 atom stereocenters. The molecule has 3 aromatic rings. The Morgan fingerprint density at radius 2 is 1.95 bits per heavy atom. The zero-order chi connectivity index (χ0) is 15.1. The van der Waals surface area contributed by atoms with E-state index in [-0.39, 0.29) is 5.56 Å². The van der Waals surface area contributed by atoms with Crippen LogP contribution in [0.25, 0.3) is 11.1 Å². The van der Waals surface area contributed by atoms with E-state index >= 15 is 0 Å². The van der Waals surface area contributed by atoms with Crippen molar-refractivity contribution in [3.05, 3.63) is 45.0 Å². The molecule has 3 rings (SSSR count). The van der Waals surface area contributed by atoms with Gasteiger partial charge in [-0.2, -0.15) is 0 Å². The largest absolute Gasteiger partial charge is 0.336 e. The Morgan fingerprint density at radius 3 is 2.67 bits per heavy atom. The monoisotopic (exact) mass is 302 g/mol. The van der Waals surface area contributed by atoms with Crippen LogP contribution in [0, 0.1) is 11.7 Å². The Kier molecular flexibility index (Phi) is 3.13. The summed E-state index contributed by atoms with van der Waals surface area (Å²) in [5, 5.41) is 7.50. The van der Waals surface area contributed by atoms with Crippen molar-refractivity contribution < 1.29 is 4.52 Å². The fraction of sp³-hybridized carbons (Fsp3) is 0.214. The first-order valence-electron chi connectivity index (χ1n) is 6.38. The highest BCUT2D eigenvalue weighted by molar-refractivity contribution is 7.71. The first kappa shape index (κ1) is 13.6. The summed E-state index contributed by atoms with van der Waals surface area (Å²) in [6.45, 7) is 1.98. The zero-order valence-corrected chi connectivity index (χ0v) is 12.7. The molecule has 1 N–H and O–H groups in total. The second-order valence-electron chi connectivity index (χ2n) is 4.86. The van der Waals surface area contributed by atoms with E-state index in [0.717, 1.165) is 11.3 Å². The molecule has 21 heavy (non-hydrogen) atoms. The van der Waals surface area contributed by atoms with Crippen molar-refractivity contribution in [3.63, 3.8) is 0 Å². The van der Waals surface area contributed by atoms with Crippen LogP contribution < -0.4 is 10.9 Å². The molecule has 0 amide bonds. The number of nitrogens with zero attached hydrogens (tertiary/aromatic N) is 3. The molecule has 108 valence electrons. The van der Waals surface area contributed by atoms with Gasteiger partial charge in [-0.05, 0) is 30.8 Å². The summed E-state index contributed by atoms with van der Waals surface area (Å²) in [4.78, 5) is 12.4. The number of nitrogens with one attached hydrogen (secondary N) is 1. The molecule has 2 heterocycles. The number of rotatable bonds is 2. The van der Waals surface area contributed by atoms with E-state index in [1.165, 1.54) is 4.57 Å². The molecule has 6 nitrogen and oxygen atoms in total. The molecule has 2 aromatic heterocycles. The van der Waals surface area contributed by atoms with Gasteiger partial charge in [0, 0.05) is 19.8 Å². The molecule has 0 radical (unpaired) electrons. The van der Waals surface area contributed by atoms with Crippen LogP contribution >= 0.6 is 12.2 Å². The van der Waals surface area contributed by atoms with Gasteiger partial charge in [0.1, 0.15) is 5.39 Å². The Hall–Kier alpha value is -2.41. The SMILES string of the molecule is Cc1ccccc1Nc1noc2c1c(=O)n(C)c(=S)n2C. The molecule has 0 saturated carbocycles. The first-order valence-corrected chi connectivity index (χ1v) is 6.79. The summed E-state index contributed by atoms with van der Waals surface area (Å²) in [6.07, 6.45) is 0. The summed E-state index contributed by atoms with van der Waals surface area (Å²) in [7, 11) is 3.38. The standard InChI is InChI=1S/C14H14N4O2S/c1-8-6-4-5-7-9(8)15-11-10-12(19)17(2)14(21)18(3)13(10)20-16-11/h4-7H,1-3H3,(H,15,16). The van der Waals surface area contributed by atoms with E-state index in [4.69, 9.17) is 16.7 Å². The summed E-state index contributed by atoms with van der Waals surface area (Å²) < 4.78 is 8.69. The second-order valence-corrected chi connectivity index (χ2v) is 5.22. The number of benzene rings is 1. The van der Waals surface area contributed by atoms with Crippen molar-refractivity contribution in [1.29, 1.82) is 0 Å². The van der Waals surface area contributed by atoms with Crippen LogP contribution in [0.15, 0.2) is 33.6 Å². The van der Waals surface area contributed by atoms with Crippen molar-refractivity contribution in [2.75, 3.05) is 5.32 Å². The van der Waals surface area contributed by atoms with Gasteiger partial charge in [-0.25, -0.2) is 0 Å². The van der Waals surface area contributed by atoms with Gasteiger partial charge in [-0.15, -0.1) is 0 Å². The molecule has 7 heteroatoms. The Morgan fingerprint density at radius 1 is 1.24 bits per heavy atom. The molecule has 0 spiro atoms. The Bertz CT molecular complexity index is 952. The lowest BCUT2D eigenvalue weighted by atomic mass is 10.2. The van der Waals surface area contributed by atoms with Crippen LogP contribution in [0.2, 0.25) is 0 Å². The minimum Gasteiger partial charge on any atom is -0.336 e. The lowest BCUT2D eigenvalue weighted by molar-refractivity contribution is 0.438. The van der Waals surface area contributed by atoms with Crippen molar-refractivity contribution >= 4 is 34.8 Å². The minimum atomic E-state index is -0.231. The highest BCUT2D eigenvalue weighted by Crippen LogP contribution is 2.24. The number of anilines is 2. The van der Waals surface area contributed by atoms with Gasteiger partial charge in [-0.3, -0.25) is 13.9 Å². The van der Waals surface area contributed by atoms with Gasteiger partial charge in [0.05, 0.1) is 0 Å². The summed E-state index contributed by atoms with van der Waals surface area (Å²) in [5.74, 6) is 0.394. The maximum atomic E-state index is 12.4. The summed E-state index contributed by atoms with van der Waals surface area (Å²) >= 11 is 5.19. The third-order valence-electron chi connectivity index (χ3n) is 3.47. The highest BCUT2D eigenvalue weighted by Gasteiger charge is 2.17. The fourth-order valence-corrected chi connectivity index (χ4v) is 2.36. The second kappa shape index (κ2) is 4.85. The number of fused-ring (bicyclic) bond motifs is 1. The normalized spacial score (nSPS) is 11.0. The topological polar surface area (TPSA) is 65.0 Å². The Labute approximate surface area is 125 Å². The van der Waals surface area contributed by atoms with Crippen LogP contribution in [-0.2, 0) is 14.1 Å². The fourth-order valence-electron chi connectivity index (χ4n) is 2.20. The van der Waals surface area contributed by atoms with Gasteiger partial charge >= 0.3 is 0 Å². The molecule has 0 aliphatic carbocycles. The van der Waals surface area contributed by atoms with Gasteiger partial charge in [0.2, 0.25) is 5.71 Å². The molecule has 0 fully saturated rings. The zero-order valence-electron chi connectivity index (χ0n) is 11.9. The van der Waals surface area contributed by atoms with E-state index in [1.807, 2.05) is 31.2 Å². The molecule has 0 unspecified atom stereocenters. The number of para-hydroxylation sites is 1. The average Bonchev–Trinajstić information content (AvgIpc) is 2.89. The van der Waals surface area contributed by atoms with Crippen LogP contribution in [-0.4, -0.2) is 14.3 Å². The van der Waals surface area contributed by atoms with E-state index in [9.17, 15) is 4.79 Å². The number of hydrogen-bond donors (Lipinski definition) is 1. The van der Waals surface area contributed by atoms with Gasteiger partial charge in [0.25, 0.3) is 5.56 Å². The van der Waals surface area contributed by atoms with E-state index < -0.39 is 0 Å². The molecule has 0 bridgehead atoms. The van der Waals surface area contributed by atoms with Gasteiger partial charge in [0.15, 0.2) is 10.6 Å². The lowest BCUT2D eigenvalue weighted by Crippen LogP contribution is -2.21. The van der Waals surface area contributed by atoms with Crippen LogP contribution in [0.1, 0.15) is 5.56 Å². The molecule has 1 aromatic carbocycles. The molecule has 0 saturated heterocycles. The molecule has 0 aliphatic rings. The van der Waals surface area contributed by atoms with Gasteiger partial charge < -0.3 is 9.84 Å². The number of hydrogen-bond acceptors (Lipinski definition) is 5. The highest BCUT2D eigenvalue weighted by atomic mass is 32.1. The smallest absolute Gasteiger partial charge is 0.269 e. The summed E-state index contributed by atoms with van der Waals surface area (Å²) in [5.41, 5.74) is 2.05. The predicted octanol–water partition coefficient (Wildman–Crippen LogP) is 2.65. The van der Waals surface area contributed by atoms with Crippen LogP contribution in [0.5, 0.6) is 0 Å². The van der Waals surface area contributed by atoms with Crippen LogP contribution in [0.4, 0.5) is 11.5 Å². The van der Waals surface area contributed by atoms with E-state index in [0.29, 0.717) is 21.7 Å².